The molecule has 0 amide bonds. The molecule has 4 rings (SSSR count). The lowest BCUT2D eigenvalue weighted by Crippen LogP contribution is -2.47. The Kier molecular flexibility index (Phi) is 3.58. The summed E-state index contributed by atoms with van der Waals surface area (Å²) in [6.45, 7) is 0.973. The highest BCUT2D eigenvalue weighted by molar-refractivity contribution is 5.06. The molecule has 0 aromatic heterocycles. The third kappa shape index (κ3) is 2.33. The van der Waals surface area contributed by atoms with E-state index >= 15 is 0 Å². The third-order valence-electron chi connectivity index (χ3n) is 7.01. The number of hydrogen-bond acceptors (Lipinski definition) is 2. The van der Waals surface area contributed by atoms with Gasteiger partial charge in [0.05, 0.1) is 5.60 Å². The van der Waals surface area contributed by atoms with Crippen molar-refractivity contribution in [3.05, 3.63) is 0 Å². The molecule has 0 radical (unpaired) electrons. The summed E-state index contributed by atoms with van der Waals surface area (Å²) in [4.78, 5) is 0. The van der Waals surface area contributed by atoms with E-state index in [-0.39, 0.29) is 5.60 Å². The van der Waals surface area contributed by atoms with Crippen molar-refractivity contribution in [3.8, 4) is 0 Å². The molecule has 0 bridgehead atoms. The van der Waals surface area contributed by atoms with Crippen LogP contribution in [0, 0.1) is 23.7 Å². The number of nitrogens with two attached hydrogens (primary N) is 1. The van der Waals surface area contributed by atoms with Crippen LogP contribution >= 0.6 is 0 Å². The summed E-state index contributed by atoms with van der Waals surface area (Å²) in [6, 6.07) is 0.478. The number of ether oxygens (including phenoxy) is 1. The Morgan fingerprint density at radius 2 is 1.60 bits per heavy atom. The van der Waals surface area contributed by atoms with E-state index in [0.29, 0.717) is 6.04 Å². The molecular formula is C18H31NO. The molecule has 1 saturated heterocycles. The molecular weight excluding hydrogens is 246 g/mol. The smallest absolute Gasteiger partial charge is 0.0685 e. The summed E-state index contributed by atoms with van der Waals surface area (Å²) in [5.74, 6) is 3.63. The highest BCUT2D eigenvalue weighted by Gasteiger charge is 2.55. The minimum Gasteiger partial charge on any atom is -0.375 e. The summed E-state index contributed by atoms with van der Waals surface area (Å²) in [7, 11) is 0. The largest absolute Gasteiger partial charge is 0.375 e. The highest BCUT2D eigenvalue weighted by Crippen LogP contribution is 2.58. The first kappa shape index (κ1) is 13.6. The lowest BCUT2D eigenvalue weighted by molar-refractivity contribution is -0.121. The maximum atomic E-state index is 6.75. The molecule has 4 fully saturated rings. The van der Waals surface area contributed by atoms with Crippen molar-refractivity contribution < 1.29 is 4.74 Å². The Hall–Kier alpha value is -0.0800. The zero-order valence-corrected chi connectivity index (χ0v) is 12.9. The van der Waals surface area contributed by atoms with Crippen LogP contribution in [0.15, 0.2) is 0 Å². The summed E-state index contributed by atoms with van der Waals surface area (Å²) < 4.78 is 6.25. The van der Waals surface area contributed by atoms with E-state index in [4.69, 9.17) is 10.5 Å². The van der Waals surface area contributed by atoms with Gasteiger partial charge in [0, 0.05) is 12.6 Å². The second kappa shape index (κ2) is 5.28. The van der Waals surface area contributed by atoms with E-state index in [1.807, 2.05) is 0 Å². The maximum absolute atomic E-state index is 6.75. The van der Waals surface area contributed by atoms with Crippen LogP contribution < -0.4 is 5.73 Å². The van der Waals surface area contributed by atoms with Crippen LogP contribution in [-0.2, 0) is 4.74 Å². The Balaban J connectivity index is 1.40. The standard InChI is InChI=1S/C18H31NO/c19-17(16-14-6-2-3-7-15(14)16)13-8-11-20-18(12-13)9-4-1-5-10-18/h13-17H,1-12,19H2. The molecule has 4 unspecified atom stereocenters. The van der Waals surface area contributed by atoms with E-state index in [0.717, 1.165) is 30.3 Å². The van der Waals surface area contributed by atoms with Crippen LogP contribution in [0.1, 0.15) is 70.6 Å². The van der Waals surface area contributed by atoms with Crippen molar-refractivity contribution in [2.45, 2.75) is 82.3 Å². The molecule has 0 aromatic carbocycles. The van der Waals surface area contributed by atoms with Crippen molar-refractivity contribution in [3.63, 3.8) is 0 Å². The fourth-order valence-corrected chi connectivity index (χ4v) is 5.87. The van der Waals surface area contributed by atoms with Gasteiger partial charge in [0.25, 0.3) is 0 Å². The first-order chi connectivity index (χ1) is 9.79. The Bertz CT molecular complexity index is 332. The molecule has 2 N–H and O–H groups in total. The van der Waals surface area contributed by atoms with Crippen molar-refractivity contribution in [1.29, 1.82) is 0 Å². The Morgan fingerprint density at radius 3 is 2.30 bits per heavy atom. The van der Waals surface area contributed by atoms with Gasteiger partial charge >= 0.3 is 0 Å². The summed E-state index contributed by atoms with van der Waals surface area (Å²) in [5, 5.41) is 0. The molecule has 0 aromatic rings. The van der Waals surface area contributed by atoms with Crippen LogP contribution in [0.25, 0.3) is 0 Å². The van der Waals surface area contributed by atoms with Gasteiger partial charge in [-0.15, -0.1) is 0 Å². The van der Waals surface area contributed by atoms with E-state index in [9.17, 15) is 0 Å². The topological polar surface area (TPSA) is 35.2 Å². The number of hydrogen-bond donors (Lipinski definition) is 1. The first-order valence-electron chi connectivity index (χ1n) is 9.19. The van der Waals surface area contributed by atoms with Gasteiger partial charge in [-0.3, -0.25) is 0 Å². The summed E-state index contributed by atoms with van der Waals surface area (Å²) in [5.41, 5.74) is 6.98. The second-order valence-corrected chi connectivity index (χ2v) is 8.11. The molecule has 2 heteroatoms. The minimum atomic E-state index is 0.235. The minimum absolute atomic E-state index is 0.235. The van der Waals surface area contributed by atoms with Crippen LogP contribution in [0.2, 0.25) is 0 Å². The lowest BCUT2D eigenvalue weighted by Gasteiger charge is -2.45. The Morgan fingerprint density at radius 1 is 0.900 bits per heavy atom. The molecule has 2 nitrogen and oxygen atoms in total. The van der Waals surface area contributed by atoms with Crippen LogP contribution in [0.3, 0.4) is 0 Å². The first-order valence-corrected chi connectivity index (χ1v) is 9.19. The highest BCUT2D eigenvalue weighted by atomic mass is 16.5. The van der Waals surface area contributed by atoms with Gasteiger partial charge in [-0.2, -0.15) is 0 Å². The number of rotatable bonds is 2. The second-order valence-electron chi connectivity index (χ2n) is 8.11. The number of fused-ring (bicyclic) bond motifs is 1. The molecule has 114 valence electrons. The fraction of sp³-hybridized carbons (Fsp3) is 1.00. The zero-order chi connectivity index (χ0) is 13.6. The van der Waals surface area contributed by atoms with Crippen LogP contribution in [0.5, 0.6) is 0 Å². The monoisotopic (exact) mass is 277 g/mol. The van der Waals surface area contributed by atoms with Gasteiger partial charge in [0.1, 0.15) is 0 Å². The summed E-state index contributed by atoms with van der Waals surface area (Å²) in [6.07, 6.45) is 15.1. The molecule has 20 heavy (non-hydrogen) atoms. The molecule has 1 aliphatic heterocycles. The third-order valence-corrected chi connectivity index (χ3v) is 7.01. The maximum Gasteiger partial charge on any atom is 0.0685 e. The predicted molar refractivity (Wildman–Crippen MR) is 81.4 cm³/mol. The molecule has 3 saturated carbocycles. The Labute approximate surface area is 123 Å². The molecule has 4 aliphatic rings. The van der Waals surface area contributed by atoms with Crippen LogP contribution in [0.4, 0.5) is 0 Å². The van der Waals surface area contributed by atoms with Gasteiger partial charge in [0.15, 0.2) is 0 Å². The van der Waals surface area contributed by atoms with E-state index < -0.39 is 0 Å². The fourth-order valence-electron chi connectivity index (χ4n) is 5.87. The van der Waals surface area contributed by atoms with E-state index in [2.05, 4.69) is 0 Å². The van der Waals surface area contributed by atoms with E-state index in [1.54, 1.807) is 0 Å². The quantitative estimate of drug-likeness (QED) is 0.831. The average molecular weight is 277 g/mol. The van der Waals surface area contributed by atoms with Crippen molar-refractivity contribution in [1.82, 2.24) is 0 Å². The van der Waals surface area contributed by atoms with Gasteiger partial charge in [0.2, 0.25) is 0 Å². The van der Waals surface area contributed by atoms with Gasteiger partial charge < -0.3 is 10.5 Å². The molecule has 1 heterocycles. The average Bonchev–Trinajstić information content (AvgIpc) is 3.22. The van der Waals surface area contributed by atoms with Crippen molar-refractivity contribution >= 4 is 0 Å². The van der Waals surface area contributed by atoms with E-state index in [1.165, 1.54) is 70.6 Å². The van der Waals surface area contributed by atoms with Crippen molar-refractivity contribution in [2.75, 3.05) is 6.61 Å². The predicted octanol–water partition coefficient (Wildman–Crippen LogP) is 3.88. The van der Waals surface area contributed by atoms with Gasteiger partial charge in [-0.25, -0.2) is 0 Å². The SMILES string of the molecule is NC(C1CCOC2(CCCCC2)C1)C1C2CCCCC21. The summed E-state index contributed by atoms with van der Waals surface area (Å²) >= 11 is 0. The van der Waals surface area contributed by atoms with Crippen LogP contribution in [-0.4, -0.2) is 18.2 Å². The lowest BCUT2D eigenvalue weighted by atomic mass is 9.73. The van der Waals surface area contributed by atoms with Gasteiger partial charge in [-0.05, 0) is 62.2 Å². The zero-order valence-electron chi connectivity index (χ0n) is 12.9. The molecule has 1 spiro atoms. The molecule has 4 atom stereocenters. The normalized spacial score (nSPS) is 44.9. The van der Waals surface area contributed by atoms with Gasteiger partial charge in [-0.1, -0.05) is 32.1 Å². The molecule has 3 aliphatic carbocycles. The van der Waals surface area contributed by atoms with Crippen molar-refractivity contribution in [2.24, 2.45) is 29.4 Å².